The molecule has 2 aliphatic heterocycles. The number of imide groups is 1. The summed E-state index contributed by atoms with van der Waals surface area (Å²) in [6.07, 6.45) is -0.126. The van der Waals surface area contributed by atoms with Gasteiger partial charge in [-0.2, -0.15) is 0 Å². The van der Waals surface area contributed by atoms with Crippen LogP contribution in [0.5, 0.6) is 0 Å². The van der Waals surface area contributed by atoms with Crippen LogP contribution in [0.1, 0.15) is 25.0 Å². The summed E-state index contributed by atoms with van der Waals surface area (Å²) in [5.74, 6) is -1.22. The number of hydrogen-bond donors (Lipinski definition) is 0. The first kappa shape index (κ1) is 19.3. The van der Waals surface area contributed by atoms with Crippen LogP contribution in [0.15, 0.2) is 60.3 Å². The number of hydrogen-bond acceptors (Lipinski definition) is 4. The molecule has 2 amide bonds. The number of ether oxygens (including phenoxy) is 1. The molecule has 2 atom stereocenters. The summed E-state index contributed by atoms with van der Waals surface area (Å²) in [6.45, 7) is 4.83. The highest BCUT2D eigenvalue weighted by Crippen LogP contribution is 2.34. The van der Waals surface area contributed by atoms with Gasteiger partial charge in [0.15, 0.2) is 0 Å². The Morgan fingerprint density at radius 3 is 2.21 bits per heavy atom. The third kappa shape index (κ3) is 3.68. The summed E-state index contributed by atoms with van der Waals surface area (Å²) in [5.41, 5.74) is 1.74. The molecule has 4 rings (SSSR count). The van der Waals surface area contributed by atoms with Gasteiger partial charge in [0, 0.05) is 18.7 Å². The second kappa shape index (κ2) is 7.79. The molecule has 150 valence electrons. The van der Waals surface area contributed by atoms with E-state index in [4.69, 9.17) is 4.74 Å². The lowest BCUT2D eigenvalue weighted by atomic mass is 10.0. The van der Waals surface area contributed by atoms with Gasteiger partial charge in [-0.25, -0.2) is 4.39 Å². The van der Waals surface area contributed by atoms with Gasteiger partial charge >= 0.3 is 0 Å². The molecule has 2 unspecified atom stereocenters. The molecule has 0 spiro atoms. The first-order chi connectivity index (χ1) is 14.0. The monoisotopic (exact) mass is 394 g/mol. The number of amides is 2. The molecule has 0 bridgehead atoms. The average Bonchev–Trinajstić information content (AvgIpc) is 2.94. The van der Waals surface area contributed by atoms with Crippen LogP contribution in [-0.4, -0.2) is 46.9 Å². The molecule has 0 radical (unpaired) electrons. The molecule has 1 fully saturated rings. The summed E-state index contributed by atoms with van der Waals surface area (Å²) in [7, 11) is 0. The Labute approximate surface area is 169 Å². The fraction of sp³-hybridized carbons (Fsp3) is 0.304. The minimum Gasteiger partial charge on any atom is -0.372 e. The van der Waals surface area contributed by atoms with Crippen molar-refractivity contribution in [3.63, 3.8) is 0 Å². The number of rotatable bonds is 4. The largest absolute Gasteiger partial charge is 0.372 e. The average molecular weight is 394 g/mol. The molecular weight excluding hydrogens is 371 g/mol. The van der Waals surface area contributed by atoms with E-state index in [1.807, 2.05) is 49.1 Å². The van der Waals surface area contributed by atoms with Crippen molar-refractivity contribution in [3.05, 3.63) is 77.2 Å². The van der Waals surface area contributed by atoms with E-state index in [1.54, 1.807) is 18.2 Å². The Kier molecular flexibility index (Phi) is 5.20. The molecule has 29 heavy (non-hydrogen) atoms. The normalized spacial score (nSPS) is 22.6. The first-order valence-electron chi connectivity index (χ1n) is 9.75. The van der Waals surface area contributed by atoms with E-state index in [1.165, 1.54) is 6.07 Å². The van der Waals surface area contributed by atoms with Crippen molar-refractivity contribution < 1.29 is 18.7 Å². The van der Waals surface area contributed by atoms with Gasteiger partial charge in [-0.1, -0.05) is 48.5 Å². The predicted octanol–water partition coefficient (Wildman–Crippen LogP) is 3.22. The highest BCUT2D eigenvalue weighted by atomic mass is 19.1. The first-order valence-corrected chi connectivity index (χ1v) is 9.75. The van der Waals surface area contributed by atoms with E-state index in [-0.39, 0.29) is 18.8 Å². The summed E-state index contributed by atoms with van der Waals surface area (Å²) >= 11 is 0. The quantitative estimate of drug-likeness (QED) is 0.748. The minimum absolute atomic E-state index is 0.0632. The number of benzene rings is 2. The lowest BCUT2D eigenvalue weighted by Gasteiger charge is -2.37. The van der Waals surface area contributed by atoms with E-state index in [2.05, 4.69) is 0 Å². The van der Waals surface area contributed by atoms with E-state index >= 15 is 0 Å². The fourth-order valence-corrected chi connectivity index (χ4v) is 4.02. The number of nitrogens with zero attached hydrogens (tertiary/aromatic N) is 2. The lowest BCUT2D eigenvalue weighted by molar-refractivity contribution is -0.139. The molecule has 2 aromatic carbocycles. The topological polar surface area (TPSA) is 49.9 Å². The van der Waals surface area contributed by atoms with Gasteiger partial charge < -0.3 is 9.64 Å². The number of carbonyl (C=O) groups excluding carboxylic acids is 2. The Bertz CT molecular complexity index is 963. The minimum atomic E-state index is -0.434. The van der Waals surface area contributed by atoms with E-state index in [0.717, 1.165) is 4.90 Å². The van der Waals surface area contributed by atoms with E-state index < -0.39 is 17.6 Å². The van der Waals surface area contributed by atoms with Crippen LogP contribution in [-0.2, 0) is 20.9 Å². The van der Waals surface area contributed by atoms with Gasteiger partial charge in [0.2, 0.25) is 0 Å². The van der Waals surface area contributed by atoms with Crippen molar-refractivity contribution >= 4 is 17.4 Å². The zero-order chi connectivity index (χ0) is 20.5. The standard InChI is InChI=1S/C23H23FN2O3/c1-15-12-25(13-16(2)29-15)21-20(17-8-4-3-5-9-17)22(27)26(23(21)28)14-18-10-6-7-11-19(18)24/h3-11,15-16H,12-14H2,1-2H3. The molecule has 1 saturated heterocycles. The lowest BCUT2D eigenvalue weighted by Crippen LogP contribution is -2.46. The van der Waals surface area contributed by atoms with Crippen molar-refractivity contribution in [2.75, 3.05) is 13.1 Å². The van der Waals surface area contributed by atoms with Crippen LogP contribution < -0.4 is 0 Å². The van der Waals surface area contributed by atoms with Gasteiger partial charge in [-0.05, 0) is 25.5 Å². The highest BCUT2D eigenvalue weighted by Gasteiger charge is 2.43. The zero-order valence-electron chi connectivity index (χ0n) is 16.5. The Balaban J connectivity index is 1.75. The Hall–Kier alpha value is -2.99. The van der Waals surface area contributed by atoms with Crippen molar-refractivity contribution in [3.8, 4) is 0 Å². The molecule has 0 saturated carbocycles. The molecule has 0 N–H and O–H groups in total. The van der Waals surface area contributed by atoms with Crippen LogP contribution in [0.25, 0.3) is 5.57 Å². The number of halogens is 1. The molecule has 5 nitrogen and oxygen atoms in total. The molecule has 2 aromatic rings. The summed E-state index contributed by atoms with van der Waals surface area (Å²) in [4.78, 5) is 29.8. The van der Waals surface area contributed by atoms with Gasteiger partial charge in [0.1, 0.15) is 11.5 Å². The van der Waals surface area contributed by atoms with Gasteiger partial charge in [-0.3, -0.25) is 14.5 Å². The molecule has 2 heterocycles. The Morgan fingerprint density at radius 2 is 1.55 bits per heavy atom. The summed E-state index contributed by atoms with van der Waals surface area (Å²) in [6, 6.07) is 15.4. The summed E-state index contributed by atoms with van der Waals surface area (Å²) < 4.78 is 20.0. The van der Waals surface area contributed by atoms with Gasteiger partial charge in [-0.15, -0.1) is 0 Å². The highest BCUT2D eigenvalue weighted by molar-refractivity contribution is 6.35. The van der Waals surface area contributed by atoms with E-state index in [0.29, 0.717) is 35.5 Å². The molecule has 0 aromatic heterocycles. The second-order valence-electron chi connectivity index (χ2n) is 7.54. The van der Waals surface area contributed by atoms with Crippen LogP contribution in [0.3, 0.4) is 0 Å². The van der Waals surface area contributed by atoms with Crippen molar-refractivity contribution in [2.45, 2.75) is 32.6 Å². The third-order valence-electron chi connectivity index (χ3n) is 5.23. The predicted molar refractivity (Wildman–Crippen MR) is 107 cm³/mol. The van der Waals surface area contributed by atoms with Crippen LogP contribution >= 0.6 is 0 Å². The van der Waals surface area contributed by atoms with Gasteiger partial charge in [0.25, 0.3) is 11.8 Å². The maximum Gasteiger partial charge on any atom is 0.278 e. The second-order valence-corrected chi connectivity index (χ2v) is 7.54. The van der Waals surface area contributed by atoms with Crippen molar-refractivity contribution in [1.29, 1.82) is 0 Å². The third-order valence-corrected chi connectivity index (χ3v) is 5.23. The Morgan fingerprint density at radius 1 is 0.931 bits per heavy atom. The SMILES string of the molecule is CC1CN(C2=C(c3ccccc3)C(=O)N(Cc3ccccc3F)C2=O)CC(C)O1. The number of carbonyl (C=O) groups is 2. The molecular formula is C23H23FN2O3. The zero-order valence-corrected chi connectivity index (χ0v) is 16.5. The summed E-state index contributed by atoms with van der Waals surface area (Å²) in [5, 5.41) is 0. The van der Waals surface area contributed by atoms with Crippen LogP contribution in [0, 0.1) is 5.82 Å². The smallest absolute Gasteiger partial charge is 0.278 e. The molecule has 6 heteroatoms. The van der Waals surface area contributed by atoms with E-state index in [9.17, 15) is 14.0 Å². The molecule has 0 aliphatic carbocycles. The molecule has 2 aliphatic rings. The number of morpholine rings is 1. The van der Waals surface area contributed by atoms with Crippen LogP contribution in [0.4, 0.5) is 4.39 Å². The van der Waals surface area contributed by atoms with Gasteiger partial charge in [0.05, 0.1) is 24.3 Å². The van der Waals surface area contributed by atoms with Crippen molar-refractivity contribution in [2.24, 2.45) is 0 Å². The maximum absolute atomic E-state index is 14.2. The fourth-order valence-electron chi connectivity index (χ4n) is 4.02. The van der Waals surface area contributed by atoms with Crippen molar-refractivity contribution in [1.82, 2.24) is 9.80 Å². The maximum atomic E-state index is 14.2. The van der Waals surface area contributed by atoms with Crippen LogP contribution in [0.2, 0.25) is 0 Å².